The van der Waals surface area contributed by atoms with E-state index in [0.29, 0.717) is 17.7 Å². The minimum Gasteiger partial charge on any atom is -0.477 e. The highest BCUT2D eigenvalue weighted by molar-refractivity contribution is 6.44. The van der Waals surface area contributed by atoms with Gasteiger partial charge in [-0.05, 0) is 18.6 Å². The standard InChI is InChI=1S/C12H11Cl2NO2/c1-2-3-9(16)8-4-5-10(17-7-6-15)12(14)11(8)13/h4-5H,2-3,7H2,1H3. The van der Waals surface area contributed by atoms with Gasteiger partial charge in [0.2, 0.25) is 0 Å². The minimum absolute atomic E-state index is 0.0498. The number of halogens is 2. The Morgan fingerprint density at radius 3 is 2.71 bits per heavy atom. The molecule has 17 heavy (non-hydrogen) atoms. The molecule has 0 heterocycles. The van der Waals surface area contributed by atoms with Gasteiger partial charge in [0.15, 0.2) is 12.4 Å². The Morgan fingerprint density at radius 1 is 1.41 bits per heavy atom. The molecule has 0 radical (unpaired) electrons. The third-order valence-corrected chi connectivity index (χ3v) is 2.98. The molecule has 0 N–H and O–H groups in total. The smallest absolute Gasteiger partial charge is 0.174 e. The molecule has 0 aliphatic carbocycles. The fourth-order valence-electron chi connectivity index (χ4n) is 1.33. The van der Waals surface area contributed by atoms with E-state index in [4.69, 9.17) is 33.2 Å². The van der Waals surface area contributed by atoms with Crippen molar-refractivity contribution < 1.29 is 9.53 Å². The minimum atomic E-state index is -0.113. The first-order valence-corrected chi connectivity index (χ1v) is 5.88. The van der Waals surface area contributed by atoms with E-state index in [0.717, 1.165) is 6.42 Å². The van der Waals surface area contributed by atoms with Crippen LogP contribution in [0.2, 0.25) is 10.0 Å². The normalized spacial score (nSPS) is 9.76. The Morgan fingerprint density at radius 2 is 2.12 bits per heavy atom. The van der Waals surface area contributed by atoms with Crippen LogP contribution in [0.15, 0.2) is 12.1 Å². The summed E-state index contributed by atoms with van der Waals surface area (Å²) in [6, 6.07) is 4.95. The first-order chi connectivity index (χ1) is 8.11. The van der Waals surface area contributed by atoms with Crippen LogP contribution in [0, 0.1) is 11.3 Å². The zero-order valence-electron chi connectivity index (χ0n) is 9.30. The zero-order valence-corrected chi connectivity index (χ0v) is 10.8. The first kappa shape index (κ1) is 13.8. The van der Waals surface area contributed by atoms with Gasteiger partial charge in [-0.15, -0.1) is 0 Å². The Labute approximate surface area is 110 Å². The zero-order chi connectivity index (χ0) is 12.8. The first-order valence-electron chi connectivity index (χ1n) is 5.12. The number of ketones is 1. The average molecular weight is 272 g/mol. The number of Topliss-reactive ketones (excluding diaryl/α,β-unsaturated/α-hetero) is 1. The molecule has 3 nitrogen and oxygen atoms in total. The third-order valence-electron chi connectivity index (χ3n) is 2.12. The summed E-state index contributed by atoms with van der Waals surface area (Å²) in [6.45, 7) is 1.80. The second kappa shape index (κ2) is 6.48. The van der Waals surface area contributed by atoms with Crippen LogP contribution in [-0.4, -0.2) is 12.4 Å². The van der Waals surface area contributed by atoms with Crippen molar-refractivity contribution in [3.05, 3.63) is 27.7 Å². The van der Waals surface area contributed by atoms with Gasteiger partial charge in [-0.25, -0.2) is 0 Å². The summed E-state index contributed by atoms with van der Waals surface area (Å²) < 4.78 is 5.07. The summed E-state index contributed by atoms with van der Waals surface area (Å²) >= 11 is 12.0. The van der Waals surface area contributed by atoms with E-state index in [9.17, 15) is 4.79 Å². The predicted octanol–water partition coefficient (Wildman–Crippen LogP) is 3.88. The van der Waals surface area contributed by atoms with Crippen LogP contribution < -0.4 is 4.74 Å². The molecular formula is C12H11Cl2NO2. The van der Waals surface area contributed by atoms with Crippen molar-refractivity contribution in [2.75, 3.05) is 6.61 Å². The molecule has 0 bridgehead atoms. The van der Waals surface area contributed by atoms with Crippen LogP contribution in [0.4, 0.5) is 0 Å². The lowest BCUT2D eigenvalue weighted by molar-refractivity contribution is 0.0982. The number of hydrogen-bond acceptors (Lipinski definition) is 3. The number of rotatable bonds is 5. The Hall–Kier alpha value is -1.24. The van der Waals surface area contributed by atoms with Crippen LogP contribution in [0.3, 0.4) is 0 Å². The lowest BCUT2D eigenvalue weighted by Gasteiger charge is -2.09. The molecule has 90 valence electrons. The van der Waals surface area contributed by atoms with E-state index in [-0.39, 0.29) is 22.4 Å². The number of carbonyl (C=O) groups is 1. The SMILES string of the molecule is CCCC(=O)c1ccc(OCC#N)c(Cl)c1Cl. The van der Waals surface area contributed by atoms with Crippen LogP contribution >= 0.6 is 23.2 Å². The predicted molar refractivity (Wildman–Crippen MR) is 66.8 cm³/mol. The highest BCUT2D eigenvalue weighted by Gasteiger charge is 2.15. The van der Waals surface area contributed by atoms with Crippen molar-refractivity contribution in [3.8, 4) is 11.8 Å². The lowest BCUT2D eigenvalue weighted by atomic mass is 10.1. The number of nitriles is 1. The fourth-order valence-corrected chi connectivity index (χ4v) is 1.81. The largest absolute Gasteiger partial charge is 0.477 e. The molecule has 1 aromatic carbocycles. The Kier molecular flexibility index (Phi) is 5.27. The van der Waals surface area contributed by atoms with Crippen molar-refractivity contribution in [3.63, 3.8) is 0 Å². The van der Waals surface area contributed by atoms with Crippen LogP contribution in [0.5, 0.6) is 5.75 Å². The maximum Gasteiger partial charge on any atom is 0.174 e. The number of carbonyl (C=O) groups excluding carboxylic acids is 1. The van der Waals surface area contributed by atoms with Gasteiger partial charge in [0.1, 0.15) is 16.8 Å². The molecule has 0 aliphatic rings. The molecule has 0 aromatic heterocycles. The molecule has 5 heteroatoms. The van der Waals surface area contributed by atoms with Crippen molar-refractivity contribution in [2.24, 2.45) is 0 Å². The van der Waals surface area contributed by atoms with E-state index >= 15 is 0 Å². The summed E-state index contributed by atoms with van der Waals surface area (Å²) in [4.78, 5) is 11.7. The highest BCUT2D eigenvalue weighted by atomic mass is 35.5. The van der Waals surface area contributed by atoms with Crippen LogP contribution in [0.1, 0.15) is 30.1 Å². The summed E-state index contributed by atoms with van der Waals surface area (Å²) in [6.07, 6.45) is 1.17. The van der Waals surface area contributed by atoms with Gasteiger partial charge < -0.3 is 4.74 Å². The average Bonchev–Trinajstić information content (AvgIpc) is 2.31. The maximum atomic E-state index is 11.7. The van der Waals surface area contributed by atoms with Gasteiger partial charge in [-0.3, -0.25) is 4.79 Å². The summed E-state index contributed by atoms with van der Waals surface area (Å²) in [7, 11) is 0. The van der Waals surface area contributed by atoms with Crippen LogP contribution in [-0.2, 0) is 0 Å². The molecule has 1 aromatic rings. The fraction of sp³-hybridized carbons (Fsp3) is 0.333. The number of ether oxygens (including phenoxy) is 1. The van der Waals surface area contributed by atoms with Gasteiger partial charge in [0, 0.05) is 12.0 Å². The van der Waals surface area contributed by atoms with Gasteiger partial charge in [0.05, 0.1) is 5.02 Å². The second-order valence-corrected chi connectivity index (χ2v) is 4.12. The van der Waals surface area contributed by atoms with Gasteiger partial charge in [0.25, 0.3) is 0 Å². The van der Waals surface area contributed by atoms with Gasteiger partial charge >= 0.3 is 0 Å². The van der Waals surface area contributed by atoms with Crippen molar-refractivity contribution >= 4 is 29.0 Å². The summed E-state index contributed by atoms with van der Waals surface area (Å²) in [5.41, 5.74) is 0.392. The molecule has 0 fully saturated rings. The number of nitrogens with zero attached hydrogens (tertiary/aromatic N) is 1. The molecular weight excluding hydrogens is 261 g/mol. The Bertz CT molecular complexity index is 466. The van der Waals surface area contributed by atoms with E-state index in [1.54, 1.807) is 12.1 Å². The van der Waals surface area contributed by atoms with Crippen molar-refractivity contribution in [1.82, 2.24) is 0 Å². The Balaban J connectivity index is 3.02. The summed E-state index contributed by atoms with van der Waals surface area (Å²) in [5, 5.41) is 8.75. The third kappa shape index (κ3) is 3.36. The molecule has 0 unspecified atom stereocenters. The molecule has 0 spiro atoms. The summed E-state index contributed by atoms with van der Waals surface area (Å²) in [5.74, 6) is 0.262. The lowest BCUT2D eigenvalue weighted by Crippen LogP contribution is -2.01. The van der Waals surface area contributed by atoms with E-state index in [1.807, 2.05) is 13.0 Å². The van der Waals surface area contributed by atoms with Gasteiger partial charge in [-0.2, -0.15) is 5.26 Å². The number of hydrogen-bond donors (Lipinski definition) is 0. The van der Waals surface area contributed by atoms with E-state index in [1.165, 1.54) is 0 Å². The van der Waals surface area contributed by atoms with Crippen LogP contribution in [0.25, 0.3) is 0 Å². The molecule has 0 saturated carbocycles. The monoisotopic (exact) mass is 271 g/mol. The highest BCUT2D eigenvalue weighted by Crippen LogP contribution is 2.35. The molecule has 1 rings (SSSR count). The van der Waals surface area contributed by atoms with Crippen molar-refractivity contribution in [1.29, 1.82) is 5.26 Å². The quantitative estimate of drug-likeness (QED) is 0.764. The molecule has 0 aliphatic heterocycles. The molecule has 0 atom stereocenters. The van der Waals surface area contributed by atoms with Crippen molar-refractivity contribution in [2.45, 2.75) is 19.8 Å². The van der Waals surface area contributed by atoms with E-state index in [2.05, 4.69) is 0 Å². The van der Waals surface area contributed by atoms with E-state index < -0.39 is 0 Å². The van der Waals surface area contributed by atoms with Gasteiger partial charge in [-0.1, -0.05) is 30.1 Å². The number of benzene rings is 1. The molecule has 0 amide bonds. The maximum absolute atomic E-state index is 11.7. The molecule has 0 saturated heterocycles. The topological polar surface area (TPSA) is 50.1 Å². The second-order valence-electron chi connectivity index (χ2n) is 3.36.